The second-order valence-corrected chi connectivity index (χ2v) is 11.3. The summed E-state index contributed by atoms with van der Waals surface area (Å²) in [5, 5.41) is 0. The summed E-state index contributed by atoms with van der Waals surface area (Å²) in [4.78, 5) is 54.6. The monoisotopic (exact) mass is 473 g/mol. The molecule has 182 valence electrons. The van der Waals surface area contributed by atoms with Gasteiger partial charge in [0.15, 0.2) is 12.4 Å². The van der Waals surface area contributed by atoms with E-state index >= 15 is 0 Å². The van der Waals surface area contributed by atoms with E-state index in [1.165, 1.54) is 0 Å². The topological polar surface area (TPSA) is 80.8 Å². The molecule has 6 heteroatoms. The quantitative estimate of drug-likeness (QED) is 0.483. The fourth-order valence-electron chi connectivity index (χ4n) is 6.09. The Balaban J connectivity index is 1.52. The number of hydrogen-bond donors (Lipinski definition) is 0. The number of amides is 2. The van der Waals surface area contributed by atoms with E-state index in [9.17, 15) is 19.2 Å². The van der Waals surface area contributed by atoms with Gasteiger partial charge in [0, 0.05) is 17.3 Å². The first-order valence-corrected chi connectivity index (χ1v) is 12.3. The second kappa shape index (κ2) is 8.14. The number of hydrogen-bond acceptors (Lipinski definition) is 5. The molecule has 35 heavy (non-hydrogen) atoms. The number of esters is 1. The molecule has 2 bridgehead atoms. The van der Waals surface area contributed by atoms with Crippen molar-refractivity contribution in [2.45, 2.75) is 52.5 Å². The Hall–Kier alpha value is -3.28. The van der Waals surface area contributed by atoms with E-state index in [1.54, 1.807) is 34.6 Å². The molecule has 1 fully saturated rings. The van der Waals surface area contributed by atoms with Gasteiger partial charge in [0.05, 0.1) is 11.8 Å². The number of carbonyl (C=O) groups is 4. The molecule has 3 atom stereocenters. The van der Waals surface area contributed by atoms with Crippen LogP contribution in [0.4, 0.5) is 0 Å². The number of imide groups is 1. The largest absolute Gasteiger partial charge is 0.456 e. The van der Waals surface area contributed by atoms with Crippen molar-refractivity contribution < 1.29 is 23.9 Å². The number of ketones is 1. The van der Waals surface area contributed by atoms with Gasteiger partial charge in [0.2, 0.25) is 11.8 Å². The molecule has 0 aromatic heterocycles. The van der Waals surface area contributed by atoms with Crippen LogP contribution in [-0.4, -0.2) is 41.1 Å². The third kappa shape index (κ3) is 3.45. The highest BCUT2D eigenvalue weighted by Crippen LogP contribution is 2.61. The lowest BCUT2D eigenvalue weighted by molar-refractivity contribution is -0.163. The van der Waals surface area contributed by atoms with E-state index < -0.39 is 29.3 Å². The summed E-state index contributed by atoms with van der Waals surface area (Å²) in [6.45, 7) is 8.47. The summed E-state index contributed by atoms with van der Waals surface area (Å²) >= 11 is 0. The summed E-state index contributed by atoms with van der Waals surface area (Å²) in [5.74, 6) is -3.50. The van der Waals surface area contributed by atoms with Gasteiger partial charge >= 0.3 is 5.97 Å². The molecule has 3 unspecified atom stereocenters. The van der Waals surface area contributed by atoms with Crippen LogP contribution in [0.15, 0.2) is 48.5 Å². The Labute approximate surface area is 205 Å². The van der Waals surface area contributed by atoms with Crippen LogP contribution < -0.4 is 0 Å². The summed E-state index contributed by atoms with van der Waals surface area (Å²) < 4.78 is 5.37. The lowest BCUT2D eigenvalue weighted by atomic mass is 9.55. The Bertz CT molecular complexity index is 1120. The van der Waals surface area contributed by atoms with Crippen LogP contribution in [0.2, 0.25) is 0 Å². The first-order valence-electron chi connectivity index (χ1n) is 12.3. The Morgan fingerprint density at radius 2 is 1.23 bits per heavy atom. The van der Waals surface area contributed by atoms with Gasteiger partial charge in [-0.2, -0.15) is 0 Å². The second-order valence-electron chi connectivity index (χ2n) is 11.3. The first-order chi connectivity index (χ1) is 16.5. The van der Waals surface area contributed by atoms with Crippen molar-refractivity contribution in [3.63, 3.8) is 0 Å². The number of ether oxygens (including phenoxy) is 1. The molecule has 0 N–H and O–H groups in total. The van der Waals surface area contributed by atoms with Crippen LogP contribution in [-0.2, 0) is 23.9 Å². The molecular formula is C29H31NO5. The Morgan fingerprint density at radius 1 is 0.829 bits per heavy atom. The van der Waals surface area contributed by atoms with E-state index in [1.807, 2.05) is 48.5 Å². The molecule has 2 aromatic rings. The van der Waals surface area contributed by atoms with E-state index in [0.29, 0.717) is 0 Å². The van der Waals surface area contributed by atoms with E-state index in [0.717, 1.165) is 27.2 Å². The van der Waals surface area contributed by atoms with Gasteiger partial charge in [0.1, 0.15) is 6.04 Å². The molecule has 6 rings (SSSR count). The molecule has 2 amide bonds. The van der Waals surface area contributed by atoms with E-state index in [4.69, 9.17) is 4.74 Å². The zero-order valence-corrected chi connectivity index (χ0v) is 20.8. The molecule has 0 saturated carbocycles. The predicted molar refractivity (Wildman–Crippen MR) is 129 cm³/mol. The van der Waals surface area contributed by atoms with Crippen molar-refractivity contribution in [2.24, 2.45) is 23.2 Å². The number of rotatable bonds is 5. The van der Waals surface area contributed by atoms with Gasteiger partial charge in [-0.25, -0.2) is 4.79 Å². The minimum absolute atomic E-state index is 0.218. The average molecular weight is 474 g/mol. The number of carbonyl (C=O) groups excluding carboxylic acids is 4. The highest BCUT2D eigenvalue weighted by molar-refractivity contribution is 6.10. The fraction of sp³-hybridized carbons (Fsp3) is 0.448. The van der Waals surface area contributed by atoms with Gasteiger partial charge in [-0.3, -0.25) is 19.3 Å². The molecular weight excluding hydrogens is 442 g/mol. The number of likely N-dealkylation sites (tertiary alicyclic amines) is 1. The molecule has 6 nitrogen and oxygen atoms in total. The lowest BCUT2D eigenvalue weighted by Crippen LogP contribution is -2.49. The molecule has 3 aliphatic carbocycles. The average Bonchev–Trinajstić information content (AvgIpc) is 3.07. The lowest BCUT2D eigenvalue weighted by Gasteiger charge is -2.45. The Kier molecular flexibility index (Phi) is 5.46. The van der Waals surface area contributed by atoms with Gasteiger partial charge in [0.25, 0.3) is 0 Å². The van der Waals surface area contributed by atoms with Crippen molar-refractivity contribution in [3.8, 4) is 0 Å². The maximum Gasteiger partial charge on any atom is 0.330 e. The van der Waals surface area contributed by atoms with Crippen molar-refractivity contribution in [1.82, 2.24) is 4.90 Å². The smallest absolute Gasteiger partial charge is 0.330 e. The number of benzene rings is 2. The predicted octanol–water partition coefficient (Wildman–Crippen LogP) is 4.06. The number of Topliss-reactive ketones (excluding diaryl/α,β-unsaturated/α-hetero) is 1. The highest BCUT2D eigenvalue weighted by Gasteiger charge is 2.63. The molecule has 0 radical (unpaired) electrons. The molecule has 4 aliphatic rings. The fourth-order valence-corrected chi connectivity index (χ4v) is 6.09. The van der Waals surface area contributed by atoms with Crippen LogP contribution in [0.1, 0.15) is 68.7 Å². The van der Waals surface area contributed by atoms with E-state index in [-0.39, 0.29) is 42.0 Å². The molecule has 0 spiro atoms. The minimum atomic E-state index is -1.07. The number of nitrogens with zero attached hydrogens (tertiary/aromatic N) is 1. The third-order valence-corrected chi connectivity index (χ3v) is 7.82. The van der Waals surface area contributed by atoms with Gasteiger partial charge in [-0.1, -0.05) is 83.1 Å². The van der Waals surface area contributed by atoms with Crippen molar-refractivity contribution in [2.75, 3.05) is 6.61 Å². The van der Waals surface area contributed by atoms with Crippen LogP contribution in [0.5, 0.6) is 0 Å². The zero-order valence-electron chi connectivity index (χ0n) is 20.8. The normalized spacial score (nSPS) is 25.3. The summed E-state index contributed by atoms with van der Waals surface area (Å²) in [5.41, 5.74) is 3.68. The van der Waals surface area contributed by atoms with Gasteiger partial charge < -0.3 is 4.74 Å². The maximum atomic E-state index is 13.9. The maximum absolute atomic E-state index is 13.9. The van der Waals surface area contributed by atoms with Crippen molar-refractivity contribution in [3.05, 3.63) is 70.8 Å². The summed E-state index contributed by atoms with van der Waals surface area (Å²) in [7, 11) is 0. The molecule has 2 aromatic carbocycles. The van der Waals surface area contributed by atoms with Gasteiger partial charge in [-0.05, 0) is 28.2 Å². The summed E-state index contributed by atoms with van der Waals surface area (Å²) in [6.07, 6.45) is 0. The summed E-state index contributed by atoms with van der Waals surface area (Å²) in [6, 6.07) is 15.0. The minimum Gasteiger partial charge on any atom is -0.456 e. The highest BCUT2D eigenvalue weighted by atomic mass is 16.5. The van der Waals surface area contributed by atoms with E-state index in [2.05, 4.69) is 0 Å². The van der Waals surface area contributed by atoms with Crippen molar-refractivity contribution >= 4 is 23.6 Å². The molecule has 1 aliphatic heterocycles. The van der Waals surface area contributed by atoms with Crippen LogP contribution in [0, 0.1) is 23.2 Å². The molecule has 1 heterocycles. The first kappa shape index (κ1) is 23.5. The van der Waals surface area contributed by atoms with Gasteiger partial charge in [-0.15, -0.1) is 0 Å². The molecule has 1 saturated heterocycles. The standard InChI is InChI=1S/C29H31NO5/c1-15(2)25(28(34)35-14-20(31)29(3,4)5)30-26(32)23-21-16-10-6-7-11-17(16)22(24(23)27(30)33)19-13-9-8-12-18(19)21/h6-13,15,21-25H,14H2,1-5H3. The van der Waals surface area contributed by atoms with Crippen LogP contribution in [0.25, 0.3) is 0 Å². The van der Waals surface area contributed by atoms with Crippen molar-refractivity contribution in [1.29, 1.82) is 0 Å². The third-order valence-electron chi connectivity index (χ3n) is 7.82. The SMILES string of the molecule is CC(C)C(C(=O)OCC(=O)C(C)(C)C)N1C(=O)C2C3c4ccccc4C(c4ccccc43)C2C1=O. The zero-order chi connectivity index (χ0) is 25.2. The van der Waals surface area contributed by atoms with Crippen LogP contribution >= 0.6 is 0 Å². The van der Waals surface area contributed by atoms with Crippen LogP contribution in [0.3, 0.4) is 0 Å². The Morgan fingerprint density at radius 3 is 1.57 bits per heavy atom.